The van der Waals surface area contributed by atoms with E-state index in [1.165, 1.54) is 44.8 Å². The van der Waals surface area contributed by atoms with Crippen molar-refractivity contribution >= 4 is 15.9 Å². The highest BCUT2D eigenvalue weighted by Gasteiger charge is 2.29. The number of nitrogens with two attached hydrogens (primary N) is 1. The molecule has 3 rings (SSSR count). The first kappa shape index (κ1) is 22.6. The van der Waals surface area contributed by atoms with Gasteiger partial charge in [0, 0.05) is 18.2 Å². The topological polar surface area (TPSA) is 120 Å². The molecule has 1 saturated heterocycles. The highest BCUT2D eigenvalue weighted by Crippen LogP contribution is 2.34. The van der Waals surface area contributed by atoms with Crippen LogP contribution in [-0.4, -0.2) is 47.2 Å². The Bertz CT molecular complexity index is 907. The Balaban J connectivity index is 1.91. The van der Waals surface area contributed by atoms with Crippen molar-refractivity contribution in [2.24, 2.45) is 5.14 Å². The van der Waals surface area contributed by atoms with E-state index < -0.39 is 15.9 Å². The second kappa shape index (κ2) is 9.80. The van der Waals surface area contributed by atoms with Gasteiger partial charge in [-0.25, -0.2) is 13.6 Å². The van der Waals surface area contributed by atoms with Crippen LogP contribution in [0.4, 0.5) is 0 Å². The highest BCUT2D eigenvalue weighted by molar-refractivity contribution is 7.89. The number of amides is 1. The molecule has 8 nitrogen and oxygen atoms in total. The lowest BCUT2D eigenvalue weighted by Gasteiger charge is -2.28. The zero-order valence-corrected chi connectivity index (χ0v) is 18.4. The number of hydrogen-bond acceptors (Lipinski definition) is 6. The van der Waals surface area contributed by atoms with Crippen LogP contribution < -0.4 is 25.2 Å². The molecular formula is C21H31N3O5S. The smallest absolute Gasteiger partial charge is 0.255 e. The van der Waals surface area contributed by atoms with E-state index in [4.69, 9.17) is 14.6 Å². The lowest BCUT2D eigenvalue weighted by atomic mass is 9.91. The van der Waals surface area contributed by atoms with E-state index in [2.05, 4.69) is 16.7 Å². The van der Waals surface area contributed by atoms with Crippen molar-refractivity contribution in [3.63, 3.8) is 0 Å². The van der Waals surface area contributed by atoms with E-state index in [0.29, 0.717) is 0 Å². The molecule has 2 aliphatic rings. The Kier molecular flexibility index (Phi) is 7.38. The van der Waals surface area contributed by atoms with E-state index in [1.807, 2.05) is 0 Å². The first-order valence-electron chi connectivity index (χ1n) is 10.3. The molecule has 4 N–H and O–H groups in total. The van der Waals surface area contributed by atoms with Gasteiger partial charge < -0.3 is 20.1 Å². The van der Waals surface area contributed by atoms with E-state index in [1.54, 1.807) is 0 Å². The van der Waals surface area contributed by atoms with Crippen molar-refractivity contribution in [2.45, 2.75) is 61.9 Å². The summed E-state index contributed by atoms with van der Waals surface area (Å²) in [5.74, 6) is -0.0946. The van der Waals surface area contributed by atoms with Crippen LogP contribution in [0.25, 0.3) is 0 Å². The fraction of sp³-hybridized carbons (Fsp3) is 0.571. The van der Waals surface area contributed by atoms with Crippen LogP contribution >= 0.6 is 0 Å². The van der Waals surface area contributed by atoms with Crippen LogP contribution in [0.3, 0.4) is 0 Å². The predicted octanol–water partition coefficient (Wildman–Crippen LogP) is 2.09. The van der Waals surface area contributed by atoms with Gasteiger partial charge in [0.05, 0.1) is 24.7 Å². The second-order valence-electron chi connectivity index (χ2n) is 7.85. The Morgan fingerprint density at radius 3 is 2.63 bits per heavy atom. The second-order valence-corrected chi connectivity index (χ2v) is 9.41. The number of sulfonamides is 1. The Labute approximate surface area is 178 Å². The third-order valence-electron chi connectivity index (χ3n) is 5.79. The molecule has 0 bridgehead atoms. The van der Waals surface area contributed by atoms with Crippen LogP contribution in [0, 0.1) is 0 Å². The van der Waals surface area contributed by atoms with Gasteiger partial charge in [0.2, 0.25) is 10.0 Å². The molecule has 1 aromatic rings. The van der Waals surface area contributed by atoms with Crippen LogP contribution in [-0.2, 0) is 10.0 Å². The van der Waals surface area contributed by atoms with E-state index in [0.717, 1.165) is 38.6 Å². The molecule has 0 aromatic heterocycles. The summed E-state index contributed by atoms with van der Waals surface area (Å²) in [7, 11) is -1.23. The van der Waals surface area contributed by atoms with E-state index >= 15 is 0 Å². The summed E-state index contributed by atoms with van der Waals surface area (Å²) in [6.45, 7) is 0.925. The minimum atomic E-state index is -4.02. The van der Waals surface area contributed by atoms with Crippen molar-refractivity contribution in [2.75, 3.05) is 20.8 Å². The number of allylic oxidation sites excluding steroid dienone is 1. The van der Waals surface area contributed by atoms with Gasteiger partial charge >= 0.3 is 0 Å². The largest absolute Gasteiger partial charge is 0.493 e. The molecule has 166 valence electrons. The van der Waals surface area contributed by atoms with Crippen LogP contribution in [0.1, 0.15) is 55.3 Å². The van der Waals surface area contributed by atoms with Gasteiger partial charge in [-0.1, -0.05) is 11.6 Å². The minimum Gasteiger partial charge on any atom is -0.493 e. The van der Waals surface area contributed by atoms with E-state index in [-0.39, 0.29) is 34.0 Å². The molecule has 9 heteroatoms. The van der Waals surface area contributed by atoms with Gasteiger partial charge in [-0.15, -0.1) is 0 Å². The maximum absolute atomic E-state index is 13.3. The fourth-order valence-electron chi connectivity index (χ4n) is 4.24. The third-order valence-corrected chi connectivity index (χ3v) is 6.69. The van der Waals surface area contributed by atoms with Crippen molar-refractivity contribution in [3.8, 4) is 11.5 Å². The zero-order chi connectivity index (χ0) is 21.7. The van der Waals surface area contributed by atoms with Crippen LogP contribution in [0.5, 0.6) is 11.5 Å². The van der Waals surface area contributed by atoms with Gasteiger partial charge in [0.15, 0.2) is 11.5 Å². The third kappa shape index (κ3) is 5.33. The minimum absolute atomic E-state index is 0.0847. The lowest BCUT2D eigenvalue weighted by molar-refractivity contribution is 0.0924. The van der Waals surface area contributed by atoms with Gasteiger partial charge in [-0.05, 0) is 57.6 Å². The summed E-state index contributed by atoms with van der Waals surface area (Å²) < 4.78 is 34.4. The number of hydrogen-bond donors (Lipinski definition) is 3. The summed E-state index contributed by atoms with van der Waals surface area (Å²) in [5, 5.41) is 11.9. The molecule has 30 heavy (non-hydrogen) atoms. The number of ether oxygens (including phenoxy) is 2. The average molecular weight is 438 g/mol. The van der Waals surface area contributed by atoms with Gasteiger partial charge in [0.1, 0.15) is 0 Å². The molecule has 2 atom stereocenters. The molecule has 0 spiro atoms. The number of carbonyl (C=O) groups is 1. The Morgan fingerprint density at radius 2 is 2.07 bits per heavy atom. The van der Waals surface area contributed by atoms with Crippen molar-refractivity contribution in [3.05, 3.63) is 29.3 Å². The van der Waals surface area contributed by atoms with Gasteiger partial charge in [-0.3, -0.25) is 4.79 Å². The first-order valence-corrected chi connectivity index (χ1v) is 11.9. The summed E-state index contributed by atoms with van der Waals surface area (Å²) in [4.78, 5) is 13.1. The number of nitrogens with one attached hydrogen (secondary N) is 2. The average Bonchev–Trinajstić information content (AvgIpc) is 3.27. The van der Waals surface area contributed by atoms with Crippen LogP contribution in [0.15, 0.2) is 28.7 Å². The number of primary sulfonamides is 1. The van der Waals surface area contributed by atoms with E-state index in [9.17, 15) is 13.2 Å². The Morgan fingerprint density at radius 1 is 1.27 bits per heavy atom. The molecule has 1 aliphatic carbocycles. The SMILES string of the molecule is COc1cc(S(N)(=O)=O)cc(C(=O)NC(CC2=CCCCC2)C2CCCN2)c1OC. The molecular weight excluding hydrogens is 406 g/mol. The molecule has 1 aromatic carbocycles. The van der Waals surface area contributed by atoms with Crippen molar-refractivity contribution in [1.29, 1.82) is 0 Å². The predicted molar refractivity (Wildman–Crippen MR) is 114 cm³/mol. The number of carbonyl (C=O) groups excluding carboxylic acids is 1. The molecule has 0 saturated carbocycles. The van der Waals surface area contributed by atoms with Crippen LogP contribution in [0.2, 0.25) is 0 Å². The summed E-state index contributed by atoms with van der Waals surface area (Å²) in [6.07, 6.45) is 9.61. The maximum atomic E-state index is 13.3. The summed E-state index contributed by atoms with van der Waals surface area (Å²) >= 11 is 0. The highest BCUT2D eigenvalue weighted by atomic mass is 32.2. The first-order chi connectivity index (χ1) is 14.3. The van der Waals surface area contributed by atoms with Gasteiger partial charge in [0.25, 0.3) is 5.91 Å². The van der Waals surface area contributed by atoms with Gasteiger partial charge in [-0.2, -0.15) is 0 Å². The number of benzene rings is 1. The summed E-state index contributed by atoms with van der Waals surface area (Å²) in [5.41, 5.74) is 1.45. The van der Waals surface area contributed by atoms with Crippen molar-refractivity contribution < 1.29 is 22.7 Å². The monoisotopic (exact) mass is 437 g/mol. The molecule has 1 amide bonds. The Hall–Kier alpha value is -2.10. The van der Waals surface area contributed by atoms with Crippen molar-refractivity contribution in [1.82, 2.24) is 10.6 Å². The molecule has 0 radical (unpaired) electrons. The standard InChI is InChI=1S/C21H31N3O5S/c1-28-19-13-15(30(22,26)27)12-16(20(19)29-2)21(25)24-18(17-9-6-10-23-17)11-14-7-4-3-5-8-14/h7,12-13,17-18,23H,3-6,8-11H2,1-2H3,(H,24,25)(H2,22,26,27). The number of rotatable bonds is 8. The quantitative estimate of drug-likeness (QED) is 0.536. The normalized spacial score (nSPS) is 20.4. The summed E-state index contributed by atoms with van der Waals surface area (Å²) in [6, 6.07) is 2.57. The zero-order valence-electron chi connectivity index (χ0n) is 17.6. The lowest BCUT2D eigenvalue weighted by Crippen LogP contribution is -2.47. The molecule has 2 unspecified atom stereocenters. The maximum Gasteiger partial charge on any atom is 0.255 e. The fourth-order valence-corrected chi connectivity index (χ4v) is 4.79. The molecule has 1 aliphatic heterocycles. The number of methoxy groups -OCH3 is 2. The molecule has 1 heterocycles. The molecule has 1 fully saturated rings.